The molecule has 27 heavy (non-hydrogen) atoms. The number of rotatable bonds is 9. The molecule has 0 aromatic heterocycles. The maximum atomic E-state index is 13.0. The van der Waals surface area contributed by atoms with Crippen LogP contribution in [0.4, 0.5) is 0 Å². The first-order chi connectivity index (χ1) is 13.0. The molecule has 1 aliphatic heterocycles. The van der Waals surface area contributed by atoms with Crippen molar-refractivity contribution in [1.29, 1.82) is 0 Å². The number of carbonyl (C=O) groups is 2. The van der Waals surface area contributed by atoms with Gasteiger partial charge in [0, 0.05) is 13.2 Å². The van der Waals surface area contributed by atoms with E-state index in [0.717, 1.165) is 12.0 Å². The highest BCUT2D eigenvalue weighted by molar-refractivity contribution is 5.83. The largest absolute Gasteiger partial charge is 0.468 e. The third-order valence-electron chi connectivity index (χ3n) is 5.29. The fourth-order valence-corrected chi connectivity index (χ4v) is 4.03. The van der Waals surface area contributed by atoms with Gasteiger partial charge in [0.25, 0.3) is 0 Å². The van der Waals surface area contributed by atoms with E-state index in [2.05, 4.69) is 0 Å². The van der Waals surface area contributed by atoms with Crippen LogP contribution >= 0.6 is 0 Å². The first-order valence-electron chi connectivity index (χ1n) is 9.63. The summed E-state index contributed by atoms with van der Waals surface area (Å²) in [5.41, 5.74) is 0.0485. The Kier molecular flexibility index (Phi) is 7.80. The van der Waals surface area contributed by atoms with Gasteiger partial charge in [-0.05, 0) is 37.2 Å². The second kappa shape index (κ2) is 9.85. The molecule has 1 aromatic carbocycles. The first kappa shape index (κ1) is 21.4. The van der Waals surface area contributed by atoms with E-state index in [9.17, 15) is 14.7 Å². The molecule has 150 valence electrons. The van der Waals surface area contributed by atoms with Gasteiger partial charge in [0.2, 0.25) is 0 Å². The van der Waals surface area contributed by atoms with Crippen LogP contribution in [0.25, 0.3) is 0 Å². The highest BCUT2D eigenvalue weighted by Gasteiger charge is 2.52. The number of likely N-dealkylation sites (tertiary alicyclic amines) is 1. The van der Waals surface area contributed by atoms with Crippen LogP contribution in [0, 0.1) is 5.92 Å². The summed E-state index contributed by atoms with van der Waals surface area (Å²) >= 11 is 0. The molecule has 1 heterocycles. The molecule has 0 amide bonds. The Morgan fingerprint density at radius 2 is 1.96 bits per heavy atom. The molecule has 0 spiro atoms. The van der Waals surface area contributed by atoms with Gasteiger partial charge in [-0.15, -0.1) is 0 Å². The monoisotopic (exact) mass is 377 g/mol. The second-order valence-corrected chi connectivity index (χ2v) is 7.43. The lowest BCUT2D eigenvalue weighted by Gasteiger charge is -2.41. The Hall–Kier alpha value is -1.92. The van der Waals surface area contributed by atoms with E-state index in [1.54, 1.807) is 0 Å². The lowest BCUT2D eigenvalue weighted by Crippen LogP contribution is -2.59. The van der Waals surface area contributed by atoms with Gasteiger partial charge in [0.05, 0.1) is 7.11 Å². The van der Waals surface area contributed by atoms with Crippen LogP contribution < -0.4 is 0 Å². The van der Waals surface area contributed by atoms with Gasteiger partial charge < -0.3 is 14.6 Å². The lowest BCUT2D eigenvalue weighted by molar-refractivity contribution is -0.164. The minimum absolute atomic E-state index is 0.00260. The Morgan fingerprint density at radius 3 is 2.56 bits per heavy atom. The molecular formula is C21H31NO5. The number of esters is 2. The number of carbonyl (C=O) groups excluding carboxylic acids is 2. The molecule has 1 aliphatic rings. The molecule has 0 unspecified atom stereocenters. The van der Waals surface area contributed by atoms with Gasteiger partial charge in [-0.1, -0.05) is 44.2 Å². The minimum atomic E-state index is -0.877. The van der Waals surface area contributed by atoms with Crippen LogP contribution in [0.2, 0.25) is 0 Å². The third kappa shape index (κ3) is 4.87. The zero-order valence-electron chi connectivity index (χ0n) is 16.5. The molecule has 0 saturated carbocycles. The van der Waals surface area contributed by atoms with Crippen LogP contribution in [0.15, 0.2) is 30.3 Å². The number of hydrogen-bond donors (Lipinski definition) is 1. The highest BCUT2D eigenvalue weighted by Crippen LogP contribution is 2.38. The number of ether oxygens (including phenoxy) is 2. The van der Waals surface area contributed by atoms with E-state index < -0.39 is 11.6 Å². The minimum Gasteiger partial charge on any atom is -0.468 e. The molecule has 1 aromatic rings. The van der Waals surface area contributed by atoms with E-state index in [4.69, 9.17) is 9.47 Å². The van der Waals surface area contributed by atoms with E-state index in [1.807, 2.05) is 49.1 Å². The van der Waals surface area contributed by atoms with E-state index in [0.29, 0.717) is 25.8 Å². The van der Waals surface area contributed by atoms with Crippen LogP contribution in [0.5, 0.6) is 0 Å². The van der Waals surface area contributed by atoms with Gasteiger partial charge in [-0.25, -0.2) is 0 Å². The van der Waals surface area contributed by atoms with Crippen molar-refractivity contribution in [1.82, 2.24) is 4.90 Å². The molecule has 6 heteroatoms. The van der Waals surface area contributed by atoms with Crippen molar-refractivity contribution < 1.29 is 24.2 Å². The predicted molar refractivity (Wildman–Crippen MR) is 102 cm³/mol. The smallest absolute Gasteiger partial charge is 0.326 e. The van der Waals surface area contributed by atoms with Crippen molar-refractivity contribution in [2.24, 2.45) is 5.92 Å². The maximum absolute atomic E-state index is 13.0. The molecule has 0 bridgehead atoms. The van der Waals surface area contributed by atoms with E-state index in [1.165, 1.54) is 7.11 Å². The molecule has 2 atom stereocenters. The molecule has 1 N–H and O–H groups in total. The average Bonchev–Trinajstić information content (AvgIpc) is 3.09. The second-order valence-electron chi connectivity index (χ2n) is 7.43. The summed E-state index contributed by atoms with van der Waals surface area (Å²) in [5, 5.41) is 9.29. The van der Waals surface area contributed by atoms with Crippen LogP contribution in [-0.2, 0) is 25.7 Å². The van der Waals surface area contributed by atoms with Gasteiger partial charge in [-0.2, -0.15) is 0 Å². The summed E-state index contributed by atoms with van der Waals surface area (Å²) in [6, 6.07) is 9.01. The van der Waals surface area contributed by atoms with E-state index >= 15 is 0 Å². The Balaban J connectivity index is 2.21. The fourth-order valence-electron chi connectivity index (χ4n) is 4.03. The molecule has 6 nitrogen and oxygen atoms in total. The number of hydrogen-bond acceptors (Lipinski definition) is 6. The summed E-state index contributed by atoms with van der Waals surface area (Å²) in [6.45, 7) is 4.75. The average molecular weight is 377 g/mol. The van der Waals surface area contributed by atoms with Gasteiger partial charge in [0.1, 0.15) is 18.2 Å². The fraction of sp³-hybridized carbons (Fsp3) is 0.619. The summed E-state index contributed by atoms with van der Waals surface area (Å²) in [7, 11) is 1.37. The number of methoxy groups -OCH3 is 1. The van der Waals surface area contributed by atoms with Crippen molar-refractivity contribution in [3.05, 3.63) is 35.9 Å². The summed E-state index contributed by atoms with van der Waals surface area (Å²) in [6.07, 6.45) is 2.37. The Labute approximate surface area is 161 Å². The first-order valence-corrected chi connectivity index (χ1v) is 9.63. The van der Waals surface area contributed by atoms with Crippen LogP contribution in [0.1, 0.15) is 45.1 Å². The topological polar surface area (TPSA) is 76.1 Å². The number of aliphatic hydroxyl groups is 1. The molecule has 2 rings (SSSR count). The summed E-state index contributed by atoms with van der Waals surface area (Å²) < 4.78 is 10.7. The molecule has 0 aliphatic carbocycles. The van der Waals surface area contributed by atoms with Crippen molar-refractivity contribution in [2.45, 2.75) is 57.7 Å². The number of benzene rings is 1. The summed E-state index contributed by atoms with van der Waals surface area (Å²) in [5.74, 6) is -0.687. The van der Waals surface area contributed by atoms with E-state index in [-0.39, 0.29) is 31.1 Å². The maximum Gasteiger partial charge on any atom is 0.326 e. The zero-order chi connectivity index (χ0) is 19.9. The molecule has 1 fully saturated rings. The van der Waals surface area contributed by atoms with Crippen molar-refractivity contribution in [2.75, 3.05) is 20.3 Å². The van der Waals surface area contributed by atoms with Gasteiger partial charge in [0.15, 0.2) is 0 Å². The normalized spacial score (nSPS) is 21.2. The van der Waals surface area contributed by atoms with Crippen LogP contribution in [0.3, 0.4) is 0 Å². The lowest BCUT2D eigenvalue weighted by atomic mass is 9.87. The molecular weight excluding hydrogens is 346 g/mol. The van der Waals surface area contributed by atoms with Gasteiger partial charge >= 0.3 is 11.9 Å². The standard InChI is InChI=1S/C21H31NO5/c1-16(2)18(19(24)27-15-17-9-5-4-6-10-17)22-13-7-11-21(22,12-8-14-23)20(25)26-3/h4-6,9-10,16,18,23H,7-8,11-15H2,1-3H3/t18-,21+/m0/s1. The van der Waals surface area contributed by atoms with Crippen molar-refractivity contribution in [3.8, 4) is 0 Å². The summed E-state index contributed by atoms with van der Waals surface area (Å²) in [4.78, 5) is 27.6. The molecule has 1 saturated heterocycles. The SMILES string of the molecule is COC(=O)[C@]1(CCCO)CCCN1[C@H](C(=O)OCc1ccccc1)C(C)C. The number of aliphatic hydroxyl groups excluding tert-OH is 1. The van der Waals surface area contributed by atoms with Gasteiger partial charge in [-0.3, -0.25) is 14.5 Å². The zero-order valence-corrected chi connectivity index (χ0v) is 16.5. The molecule has 0 radical (unpaired) electrons. The Morgan fingerprint density at radius 1 is 1.26 bits per heavy atom. The van der Waals surface area contributed by atoms with Crippen molar-refractivity contribution >= 4 is 11.9 Å². The highest BCUT2D eigenvalue weighted by atomic mass is 16.5. The van der Waals surface area contributed by atoms with Crippen LogP contribution in [-0.4, -0.2) is 53.8 Å². The predicted octanol–water partition coefficient (Wildman–Crippen LogP) is 2.53. The van der Waals surface area contributed by atoms with Crippen molar-refractivity contribution in [3.63, 3.8) is 0 Å². The quantitative estimate of drug-likeness (QED) is 0.667. The third-order valence-corrected chi connectivity index (χ3v) is 5.29. The Bertz CT molecular complexity index is 618. The number of nitrogens with zero attached hydrogens (tertiary/aromatic N) is 1.